The molecule has 1 N–H and O–H groups in total. The van der Waals surface area contributed by atoms with Gasteiger partial charge in [-0.1, -0.05) is 29.3 Å². The predicted octanol–water partition coefficient (Wildman–Crippen LogP) is 4.10. The summed E-state index contributed by atoms with van der Waals surface area (Å²) < 4.78 is 42.7. The van der Waals surface area contributed by atoms with Gasteiger partial charge >= 0.3 is 22.1 Å². The van der Waals surface area contributed by atoms with Crippen molar-refractivity contribution in [1.29, 1.82) is 0 Å². The molecule has 1 unspecified atom stereocenters. The van der Waals surface area contributed by atoms with Crippen LogP contribution in [0, 0.1) is 19.8 Å². The van der Waals surface area contributed by atoms with E-state index in [0.717, 1.165) is 11.1 Å². The van der Waals surface area contributed by atoms with Gasteiger partial charge in [-0.05, 0) is 57.2 Å². The van der Waals surface area contributed by atoms with Crippen LogP contribution in [0.5, 0.6) is 11.5 Å². The van der Waals surface area contributed by atoms with Crippen molar-refractivity contribution in [2.75, 3.05) is 7.11 Å². The lowest BCUT2D eigenvalue weighted by Crippen LogP contribution is -2.15. The zero-order valence-electron chi connectivity index (χ0n) is 19.2. The molecule has 4 rings (SSSR count). The number of benzene rings is 2. The second-order valence-electron chi connectivity index (χ2n) is 8.59. The molecule has 0 bridgehead atoms. The summed E-state index contributed by atoms with van der Waals surface area (Å²) in [7, 11) is -2.78. The van der Waals surface area contributed by atoms with Gasteiger partial charge in [0.15, 0.2) is 5.75 Å². The van der Waals surface area contributed by atoms with Gasteiger partial charge in [-0.15, -0.1) is 0 Å². The monoisotopic (exact) mass is 486 g/mol. The van der Waals surface area contributed by atoms with Gasteiger partial charge in [-0.25, -0.2) is 4.79 Å². The second kappa shape index (κ2) is 9.13. The van der Waals surface area contributed by atoms with Gasteiger partial charge in [0.2, 0.25) is 0 Å². The number of hydrogen-bond acceptors (Lipinski definition) is 7. The van der Waals surface area contributed by atoms with E-state index in [1.54, 1.807) is 19.1 Å². The largest absolute Gasteiger partial charge is 0.496 e. The summed E-state index contributed by atoms with van der Waals surface area (Å²) in [5.41, 5.74) is 3.54. The highest BCUT2D eigenvalue weighted by atomic mass is 32.2. The predicted molar refractivity (Wildman–Crippen MR) is 123 cm³/mol. The number of carbonyl (C=O) groups excluding carboxylic acids is 1. The third-order valence-corrected chi connectivity index (χ3v) is 7.63. The molecule has 1 aliphatic carbocycles. The molecular weight excluding hydrogens is 460 g/mol. The fourth-order valence-electron chi connectivity index (χ4n) is 4.49. The highest BCUT2D eigenvalue weighted by Gasteiger charge is 2.35. The Hall–Kier alpha value is -3.33. The number of aryl methyl sites for hydroxylation is 1. The zero-order chi connectivity index (χ0) is 24.6. The molecule has 8 nitrogen and oxygen atoms in total. The lowest BCUT2D eigenvalue weighted by atomic mass is 9.94. The Balaban J connectivity index is 1.81. The fourth-order valence-corrected chi connectivity index (χ4v) is 5.46. The molecule has 180 valence electrons. The molecule has 1 atom stereocenters. The van der Waals surface area contributed by atoms with Crippen molar-refractivity contribution in [2.45, 2.75) is 51.0 Å². The number of cyclic esters (lactones) is 1. The number of carboxylic acids is 1. The Morgan fingerprint density at radius 3 is 2.53 bits per heavy atom. The van der Waals surface area contributed by atoms with Crippen molar-refractivity contribution >= 4 is 22.1 Å². The molecule has 9 heteroatoms. The summed E-state index contributed by atoms with van der Waals surface area (Å²) in [6.07, 6.45) is 3.72. The number of methoxy groups -OCH3 is 1. The molecule has 1 aliphatic heterocycles. The first kappa shape index (κ1) is 23.8. The Morgan fingerprint density at radius 1 is 1.21 bits per heavy atom. The van der Waals surface area contributed by atoms with E-state index in [0.29, 0.717) is 41.7 Å². The van der Waals surface area contributed by atoms with Crippen molar-refractivity contribution in [3.8, 4) is 11.5 Å². The molecular formula is C25H26O8S. The summed E-state index contributed by atoms with van der Waals surface area (Å²) in [5, 5.41) is 9.28. The number of hydrogen-bond donors (Lipinski definition) is 1. The van der Waals surface area contributed by atoms with E-state index >= 15 is 0 Å². The number of fused-ring (bicyclic) bond motifs is 1. The molecule has 0 spiro atoms. The van der Waals surface area contributed by atoms with E-state index in [1.807, 2.05) is 13.0 Å². The third-order valence-electron chi connectivity index (χ3n) is 6.40. The molecule has 2 aliphatic rings. The van der Waals surface area contributed by atoms with Crippen molar-refractivity contribution in [1.82, 2.24) is 0 Å². The van der Waals surface area contributed by atoms with E-state index in [2.05, 4.69) is 0 Å². The maximum absolute atomic E-state index is 13.1. The number of esters is 1. The van der Waals surface area contributed by atoms with Crippen LogP contribution in [0.25, 0.3) is 0 Å². The number of carboxylic acid groups (broad SMARTS) is 1. The first-order valence-electron chi connectivity index (χ1n) is 10.9. The minimum Gasteiger partial charge on any atom is -0.496 e. The average molecular weight is 487 g/mol. The Morgan fingerprint density at radius 2 is 1.91 bits per heavy atom. The first-order chi connectivity index (χ1) is 16.1. The normalized spacial score (nSPS) is 18.6. The summed E-state index contributed by atoms with van der Waals surface area (Å²) in [6.45, 7) is 3.62. The zero-order valence-corrected chi connectivity index (χ0v) is 20.0. The van der Waals surface area contributed by atoms with Crippen LogP contribution in [0.1, 0.15) is 51.9 Å². The highest BCUT2D eigenvalue weighted by molar-refractivity contribution is 7.87. The minimum absolute atomic E-state index is 0.00103. The van der Waals surface area contributed by atoms with Crippen molar-refractivity contribution in [3.05, 3.63) is 63.7 Å². The summed E-state index contributed by atoms with van der Waals surface area (Å²) in [5.74, 6) is -1.61. The summed E-state index contributed by atoms with van der Waals surface area (Å²) in [6, 6.07) is 6.21. The number of ether oxygens (including phenoxy) is 2. The Kier molecular flexibility index (Phi) is 6.40. The number of rotatable bonds is 7. The molecule has 2 aromatic rings. The maximum atomic E-state index is 13.1. The molecule has 1 saturated carbocycles. The van der Waals surface area contributed by atoms with Gasteiger partial charge in [-0.2, -0.15) is 8.42 Å². The van der Waals surface area contributed by atoms with Crippen LogP contribution in [0.2, 0.25) is 0 Å². The van der Waals surface area contributed by atoms with Gasteiger partial charge in [0.25, 0.3) is 0 Å². The van der Waals surface area contributed by atoms with E-state index < -0.39 is 28.0 Å². The van der Waals surface area contributed by atoms with Crippen molar-refractivity contribution in [2.24, 2.45) is 5.92 Å². The van der Waals surface area contributed by atoms with E-state index in [1.165, 1.54) is 19.2 Å². The topological polar surface area (TPSA) is 116 Å². The van der Waals surface area contributed by atoms with E-state index in [9.17, 15) is 23.1 Å². The summed E-state index contributed by atoms with van der Waals surface area (Å²) in [4.78, 5) is 23.9. The molecule has 0 saturated heterocycles. The molecule has 1 heterocycles. The minimum atomic E-state index is -4.25. The standard InChI is InChI=1S/C25H26O8S/c1-14-4-9-18(10-5-14)34(29,30)33-23-19(11-7-16-6-8-17(12-16)24(26)27)22(31-3)15(2)20-13-32-25(28)21(20)23/h4-5,7,9-10,17H,6,8,11-13H2,1-3H3,(H,26,27)/b16-7+. The van der Waals surface area contributed by atoms with E-state index in [4.69, 9.17) is 13.7 Å². The second-order valence-corrected chi connectivity index (χ2v) is 10.1. The lowest BCUT2D eigenvalue weighted by Gasteiger charge is -2.19. The Bertz CT molecular complexity index is 1290. The quantitative estimate of drug-likeness (QED) is 0.353. The SMILES string of the molecule is COc1c(C)c2c(c(OS(=O)(=O)c3ccc(C)cc3)c1C/C=C1\CCC(C(=O)O)C1)C(=O)OC2. The molecule has 0 aromatic heterocycles. The van der Waals surface area contributed by atoms with Crippen LogP contribution in [-0.2, 0) is 32.7 Å². The van der Waals surface area contributed by atoms with Crippen molar-refractivity contribution in [3.63, 3.8) is 0 Å². The first-order valence-corrected chi connectivity index (χ1v) is 12.3. The van der Waals surface area contributed by atoms with E-state index in [-0.39, 0.29) is 29.2 Å². The van der Waals surface area contributed by atoms with Gasteiger partial charge in [-0.3, -0.25) is 4.79 Å². The maximum Gasteiger partial charge on any atom is 0.342 e. The van der Waals surface area contributed by atoms with Crippen LogP contribution < -0.4 is 8.92 Å². The fraction of sp³-hybridized carbons (Fsp3) is 0.360. The van der Waals surface area contributed by atoms with Crippen LogP contribution in [0.15, 0.2) is 40.8 Å². The summed E-state index contributed by atoms with van der Waals surface area (Å²) >= 11 is 0. The van der Waals surface area contributed by atoms with Crippen LogP contribution in [0.4, 0.5) is 0 Å². The molecule has 0 radical (unpaired) electrons. The van der Waals surface area contributed by atoms with Gasteiger partial charge in [0.1, 0.15) is 22.8 Å². The highest BCUT2D eigenvalue weighted by Crippen LogP contribution is 2.44. The van der Waals surface area contributed by atoms with Crippen LogP contribution in [-0.4, -0.2) is 32.6 Å². The smallest absolute Gasteiger partial charge is 0.342 e. The number of aliphatic carboxylic acids is 1. The third kappa shape index (κ3) is 4.40. The number of allylic oxidation sites excluding steroid dienone is 2. The van der Waals surface area contributed by atoms with Crippen LogP contribution in [0.3, 0.4) is 0 Å². The Labute approximate surface area is 198 Å². The molecule has 1 fully saturated rings. The molecule has 0 amide bonds. The van der Waals surface area contributed by atoms with Gasteiger partial charge in [0.05, 0.1) is 13.0 Å². The van der Waals surface area contributed by atoms with Gasteiger partial charge in [0, 0.05) is 11.1 Å². The van der Waals surface area contributed by atoms with Crippen LogP contribution >= 0.6 is 0 Å². The van der Waals surface area contributed by atoms with Gasteiger partial charge < -0.3 is 18.8 Å². The molecule has 2 aromatic carbocycles. The average Bonchev–Trinajstić information content (AvgIpc) is 3.42. The van der Waals surface area contributed by atoms with Crippen molar-refractivity contribution < 1.29 is 36.8 Å². The lowest BCUT2D eigenvalue weighted by molar-refractivity contribution is -0.141. The number of carbonyl (C=O) groups is 2. The molecule has 34 heavy (non-hydrogen) atoms.